The fourth-order valence-electron chi connectivity index (χ4n) is 1.44. The Kier molecular flexibility index (Phi) is 3.89. The van der Waals surface area contributed by atoms with E-state index in [1.165, 1.54) is 12.1 Å². The third-order valence-electron chi connectivity index (χ3n) is 2.71. The smallest absolute Gasteiger partial charge is 0.124 e. The van der Waals surface area contributed by atoms with Crippen LogP contribution >= 0.6 is 11.3 Å². The van der Waals surface area contributed by atoms with E-state index in [4.69, 9.17) is 5.73 Å². The summed E-state index contributed by atoms with van der Waals surface area (Å²) in [6.45, 7) is 3.93. The molecule has 1 atom stereocenters. The van der Waals surface area contributed by atoms with Crippen LogP contribution < -0.4 is 5.73 Å². The molecule has 2 aromatic rings. The van der Waals surface area contributed by atoms with Crippen molar-refractivity contribution in [2.45, 2.75) is 19.9 Å². The van der Waals surface area contributed by atoms with Crippen LogP contribution in [-0.2, 0) is 0 Å². The molecule has 0 bridgehead atoms. The van der Waals surface area contributed by atoms with E-state index in [0.717, 1.165) is 21.8 Å². The van der Waals surface area contributed by atoms with Gasteiger partial charge in [-0.3, -0.25) is 0 Å². The zero-order valence-corrected chi connectivity index (χ0v) is 11.2. The van der Waals surface area contributed by atoms with E-state index in [1.807, 2.05) is 25.3 Å². The van der Waals surface area contributed by atoms with Crippen LogP contribution in [0.5, 0.6) is 0 Å². The molecule has 0 saturated heterocycles. The molecular formula is C14H15FN2S. The van der Waals surface area contributed by atoms with Crippen LogP contribution in [-0.4, -0.2) is 11.0 Å². The van der Waals surface area contributed by atoms with Crippen LogP contribution in [0.25, 0.3) is 16.6 Å². The Hall–Kier alpha value is -1.52. The Labute approximate surface area is 110 Å². The van der Waals surface area contributed by atoms with Gasteiger partial charge < -0.3 is 5.73 Å². The zero-order chi connectivity index (χ0) is 13.1. The van der Waals surface area contributed by atoms with Gasteiger partial charge in [-0.15, -0.1) is 11.3 Å². The molecule has 1 aromatic carbocycles. The Balaban J connectivity index is 2.25. The molecule has 0 fully saturated rings. The van der Waals surface area contributed by atoms with Crippen molar-refractivity contribution >= 4 is 17.4 Å². The first-order valence-corrected chi connectivity index (χ1v) is 6.59. The van der Waals surface area contributed by atoms with E-state index in [0.29, 0.717) is 0 Å². The molecule has 0 aliphatic rings. The highest BCUT2D eigenvalue weighted by Gasteiger charge is 2.04. The fraction of sp³-hybridized carbons (Fsp3) is 0.214. The monoisotopic (exact) mass is 262 g/mol. The molecule has 2 N–H and O–H groups in total. The van der Waals surface area contributed by atoms with E-state index < -0.39 is 0 Å². The summed E-state index contributed by atoms with van der Waals surface area (Å²) in [5, 5.41) is 2.86. The molecule has 1 aromatic heterocycles. The first kappa shape index (κ1) is 12.9. The van der Waals surface area contributed by atoms with Crippen molar-refractivity contribution in [2.24, 2.45) is 5.73 Å². The van der Waals surface area contributed by atoms with Gasteiger partial charge in [0, 0.05) is 17.0 Å². The molecule has 2 nitrogen and oxygen atoms in total. The van der Waals surface area contributed by atoms with Crippen molar-refractivity contribution in [3.63, 3.8) is 0 Å². The minimum Gasteiger partial charge on any atom is -0.324 e. The number of rotatable bonds is 3. The quantitative estimate of drug-likeness (QED) is 0.916. The largest absolute Gasteiger partial charge is 0.324 e. The van der Waals surface area contributed by atoms with E-state index in [2.05, 4.69) is 4.98 Å². The van der Waals surface area contributed by atoms with Crippen LogP contribution in [0, 0.1) is 5.82 Å². The molecular weight excluding hydrogens is 247 g/mol. The van der Waals surface area contributed by atoms with Crippen molar-refractivity contribution in [3.05, 3.63) is 46.7 Å². The highest BCUT2D eigenvalue weighted by Crippen LogP contribution is 2.24. The minimum absolute atomic E-state index is 0.0287. The van der Waals surface area contributed by atoms with Crippen LogP contribution in [0.1, 0.15) is 19.5 Å². The van der Waals surface area contributed by atoms with Gasteiger partial charge in [0.05, 0.1) is 5.69 Å². The van der Waals surface area contributed by atoms with E-state index in [9.17, 15) is 4.39 Å². The normalized spacial score (nSPS) is 13.7. The highest BCUT2D eigenvalue weighted by atomic mass is 32.1. The molecule has 4 heteroatoms. The molecule has 0 saturated carbocycles. The van der Waals surface area contributed by atoms with Crippen molar-refractivity contribution in [1.29, 1.82) is 0 Å². The number of nitrogens with two attached hydrogens (primary N) is 1. The maximum Gasteiger partial charge on any atom is 0.124 e. The predicted molar refractivity (Wildman–Crippen MR) is 74.8 cm³/mol. The van der Waals surface area contributed by atoms with Gasteiger partial charge in [-0.25, -0.2) is 9.37 Å². The number of hydrogen-bond acceptors (Lipinski definition) is 3. The second-order valence-corrected chi connectivity index (χ2v) is 5.12. The number of nitrogens with zero attached hydrogens (tertiary/aromatic N) is 1. The molecule has 0 aliphatic heterocycles. The number of hydrogen-bond donors (Lipinski definition) is 1. The molecule has 0 radical (unpaired) electrons. The third-order valence-corrected chi connectivity index (χ3v) is 3.62. The van der Waals surface area contributed by atoms with Gasteiger partial charge in [-0.05, 0) is 44.2 Å². The lowest BCUT2D eigenvalue weighted by atomic mass is 10.1. The topological polar surface area (TPSA) is 38.9 Å². The van der Waals surface area contributed by atoms with Crippen LogP contribution in [0.4, 0.5) is 4.39 Å². The van der Waals surface area contributed by atoms with Gasteiger partial charge in [-0.1, -0.05) is 5.57 Å². The average Bonchev–Trinajstić information content (AvgIpc) is 2.78. The van der Waals surface area contributed by atoms with Crippen molar-refractivity contribution in [2.75, 3.05) is 0 Å². The lowest BCUT2D eigenvalue weighted by Gasteiger charge is -2.03. The van der Waals surface area contributed by atoms with Crippen LogP contribution in [0.15, 0.2) is 35.2 Å². The molecule has 18 heavy (non-hydrogen) atoms. The van der Waals surface area contributed by atoms with Crippen molar-refractivity contribution < 1.29 is 4.39 Å². The maximum absolute atomic E-state index is 12.8. The molecule has 2 rings (SSSR count). The predicted octanol–water partition coefficient (Wildman–Crippen LogP) is 3.70. The van der Waals surface area contributed by atoms with Crippen LogP contribution in [0.2, 0.25) is 0 Å². The van der Waals surface area contributed by atoms with E-state index in [1.54, 1.807) is 23.5 Å². The van der Waals surface area contributed by atoms with Gasteiger partial charge in [0.15, 0.2) is 0 Å². The van der Waals surface area contributed by atoms with E-state index in [-0.39, 0.29) is 11.9 Å². The summed E-state index contributed by atoms with van der Waals surface area (Å²) in [5.41, 5.74) is 8.70. The Morgan fingerprint density at radius 1 is 1.39 bits per heavy atom. The Bertz CT molecular complexity index is 555. The van der Waals surface area contributed by atoms with Crippen LogP contribution in [0.3, 0.4) is 0 Å². The molecule has 0 amide bonds. The first-order valence-electron chi connectivity index (χ1n) is 5.71. The number of benzene rings is 1. The van der Waals surface area contributed by atoms with Gasteiger partial charge in [0.2, 0.25) is 0 Å². The summed E-state index contributed by atoms with van der Waals surface area (Å²) in [4.78, 5) is 4.50. The first-order chi connectivity index (χ1) is 8.56. The summed E-state index contributed by atoms with van der Waals surface area (Å²) in [5.74, 6) is -0.233. The van der Waals surface area contributed by atoms with Crippen molar-refractivity contribution in [3.8, 4) is 10.6 Å². The minimum atomic E-state index is -0.233. The van der Waals surface area contributed by atoms with Gasteiger partial charge >= 0.3 is 0 Å². The second-order valence-electron chi connectivity index (χ2n) is 4.26. The summed E-state index contributed by atoms with van der Waals surface area (Å²) >= 11 is 1.54. The average molecular weight is 262 g/mol. The molecule has 0 aliphatic carbocycles. The Morgan fingerprint density at radius 2 is 2.06 bits per heavy atom. The molecule has 1 unspecified atom stereocenters. The van der Waals surface area contributed by atoms with Gasteiger partial charge in [-0.2, -0.15) is 0 Å². The SMILES string of the molecule is C/C(=C\c1csc(-c2ccc(F)cc2)n1)C(C)N. The maximum atomic E-state index is 12.8. The summed E-state index contributed by atoms with van der Waals surface area (Å²) in [6.07, 6.45) is 1.98. The zero-order valence-electron chi connectivity index (χ0n) is 10.4. The standard InChI is InChI=1S/C14H15FN2S/c1-9(10(2)16)7-13-8-18-14(17-13)11-3-5-12(15)6-4-11/h3-8,10H,16H2,1-2H3/b9-7+. The number of aromatic nitrogens is 1. The molecule has 94 valence electrons. The van der Waals surface area contributed by atoms with Gasteiger partial charge in [0.1, 0.15) is 10.8 Å². The highest BCUT2D eigenvalue weighted by molar-refractivity contribution is 7.13. The summed E-state index contributed by atoms with van der Waals surface area (Å²) < 4.78 is 12.8. The Morgan fingerprint density at radius 3 is 2.67 bits per heavy atom. The number of halogens is 1. The summed E-state index contributed by atoms with van der Waals surface area (Å²) in [7, 11) is 0. The van der Waals surface area contributed by atoms with Gasteiger partial charge in [0.25, 0.3) is 0 Å². The lowest BCUT2D eigenvalue weighted by molar-refractivity contribution is 0.628. The second kappa shape index (κ2) is 5.42. The lowest BCUT2D eigenvalue weighted by Crippen LogP contribution is -2.15. The third kappa shape index (κ3) is 3.03. The molecule has 0 spiro atoms. The van der Waals surface area contributed by atoms with E-state index >= 15 is 0 Å². The fourth-order valence-corrected chi connectivity index (χ4v) is 2.23. The number of thiazole rings is 1. The molecule has 1 heterocycles. The summed E-state index contributed by atoms with van der Waals surface area (Å²) in [6, 6.07) is 6.39. The van der Waals surface area contributed by atoms with Crippen molar-refractivity contribution in [1.82, 2.24) is 4.98 Å².